The molecule has 3 heterocycles. The summed E-state index contributed by atoms with van der Waals surface area (Å²) in [5.74, 6) is 0.716. The van der Waals surface area contributed by atoms with Gasteiger partial charge in [0.25, 0.3) is 11.7 Å². The number of hydrogen-bond donors (Lipinski definition) is 0. The summed E-state index contributed by atoms with van der Waals surface area (Å²) in [6.07, 6.45) is 3.71. The lowest BCUT2D eigenvalue weighted by molar-refractivity contribution is 0.0995. The predicted molar refractivity (Wildman–Crippen MR) is 109 cm³/mol. The van der Waals surface area contributed by atoms with E-state index < -0.39 is 0 Å². The summed E-state index contributed by atoms with van der Waals surface area (Å²) in [5, 5.41) is 5.85. The van der Waals surface area contributed by atoms with E-state index in [0.717, 1.165) is 27.4 Å². The second-order valence-electron chi connectivity index (χ2n) is 6.96. The summed E-state index contributed by atoms with van der Waals surface area (Å²) in [5.41, 5.74) is 3.30. The van der Waals surface area contributed by atoms with Gasteiger partial charge in [-0.15, -0.1) is 0 Å². The maximum Gasteiger partial charge on any atom is 0.299 e. The summed E-state index contributed by atoms with van der Waals surface area (Å²) >= 11 is 0. The van der Waals surface area contributed by atoms with Crippen LogP contribution in [-0.4, -0.2) is 32.2 Å². The van der Waals surface area contributed by atoms with Crippen molar-refractivity contribution in [2.24, 2.45) is 14.1 Å². The summed E-state index contributed by atoms with van der Waals surface area (Å²) in [6.45, 7) is 0. The Morgan fingerprint density at radius 1 is 1.00 bits per heavy atom. The second kappa shape index (κ2) is 6.34. The monoisotopic (exact) mass is 386 g/mol. The maximum absolute atomic E-state index is 13.1. The van der Waals surface area contributed by atoms with E-state index in [-0.39, 0.29) is 11.7 Å². The molecule has 0 unspecified atom stereocenters. The number of benzene rings is 2. The fourth-order valence-corrected chi connectivity index (χ4v) is 3.74. The molecule has 0 aliphatic carbocycles. The van der Waals surface area contributed by atoms with Crippen LogP contribution in [0.5, 0.6) is 5.75 Å². The number of fused-ring (bicyclic) bond motifs is 2. The molecule has 0 bridgehead atoms. The Balaban J connectivity index is 1.59. The quantitative estimate of drug-likeness (QED) is 0.437. The number of carbonyl (C=O) groups is 1. The van der Waals surface area contributed by atoms with Gasteiger partial charge in [0.1, 0.15) is 5.75 Å². The van der Waals surface area contributed by atoms with Crippen LogP contribution in [0.1, 0.15) is 16.2 Å². The molecule has 0 aliphatic heterocycles. The van der Waals surface area contributed by atoms with E-state index >= 15 is 0 Å². The van der Waals surface area contributed by atoms with Crippen LogP contribution in [0.3, 0.4) is 0 Å². The fraction of sp³-hybridized carbons (Fsp3) is 0.136. The van der Waals surface area contributed by atoms with E-state index in [4.69, 9.17) is 9.26 Å². The van der Waals surface area contributed by atoms with Gasteiger partial charge in [0.05, 0.1) is 12.7 Å². The van der Waals surface area contributed by atoms with Gasteiger partial charge < -0.3 is 18.4 Å². The Morgan fingerprint density at radius 2 is 1.76 bits per heavy atom. The second-order valence-corrected chi connectivity index (χ2v) is 6.96. The zero-order chi connectivity index (χ0) is 20.1. The molecule has 7 nitrogen and oxygen atoms in total. The first-order valence-electron chi connectivity index (χ1n) is 9.12. The van der Waals surface area contributed by atoms with Gasteiger partial charge in [0.2, 0.25) is 5.82 Å². The van der Waals surface area contributed by atoms with Gasteiger partial charge in [-0.25, -0.2) is 0 Å². The van der Waals surface area contributed by atoms with Crippen molar-refractivity contribution >= 4 is 27.6 Å². The first-order valence-corrected chi connectivity index (χ1v) is 9.12. The van der Waals surface area contributed by atoms with Crippen molar-refractivity contribution in [3.05, 3.63) is 66.3 Å². The molecule has 0 saturated carbocycles. The maximum atomic E-state index is 13.1. The summed E-state index contributed by atoms with van der Waals surface area (Å²) in [4.78, 5) is 17.5. The molecular weight excluding hydrogens is 368 g/mol. The first kappa shape index (κ1) is 17.2. The van der Waals surface area contributed by atoms with Gasteiger partial charge in [-0.3, -0.25) is 4.79 Å². The average Bonchev–Trinajstić information content (AvgIpc) is 3.44. The number of aromatic nitrogens is 4. The number of methoxy groups -OCH3 is 1. The van der Waals surface area contributed by atoms with Gasteiger partial charge in [-0.1, -0.05) is 23.4 Å². The number of aryl methyl sites for hydroxylation is 2. The van der Waals surface area contributed by atoms with Crippen molar-refractivity contribution in [1.29, 1.82) is 0 Å². The molecule has 29 heavy (non-hydrogen) atoms. The molecule has 5 aromatic rings. The van der Waals surface area contributed by atoms with E-state index in [0.29, 0.717) is 17.1 Å². The van der Waals surface area contributed by atoms with Crippen molar-refractivity contribution in [2.45, 2.75) is 0 Å². The van der Waals surface area contributed by atoms with Crippen LogP contribution in [0.2, 0.25) is 0 Å². The van der Waals surface area contributed by atoms with Crippen LogP contribution in [0.4, 0.5) is 0 Å². The van der Waals surface area contributed by atoms with Crippen molar-refractivity contribution < 1.29 is 14.1 Å². The van der Waals surface area contributed by atoms with Crippen molar-refractivity contribution in [3.63, 3.8) is 0 Å². The molecule has 144 valence electrons. The lowest BCUT2D eigenvalue weighted by atomic mass is 10.1. The number of carbonyl (C=O) groups excluding carboxylic acids is 1. The Bertz CT molecular complexity index is 1390. The van der Waals surface area contributed by atoms with Gasteiger partial charge >= 0.3 is 0 Å². The lowest BCUT2D eigenvalue weighted by Gasteiger charge is -2.01. The largest absolute Gasteiger partial charge is 0.497 e. The van der Waals surface area contributed by atoms with Crippen LogP contribution in [0, 0.1) is 0 Å². The number of rotatable bonds is 4. The molecule has 2 aromatic carbocycles. The number of ketones is 1. The summed E-state index contributed by atoms with van der Waals surface area (Å²) in [6, 6.07) is 13.6. The highest BCUT2D eigenvalue weighted by atomic mass is 16.5. The van der Waals surface area contributed by atoms with Crippen LogP contribution in [0.25, 0.3) is 33.2 Å². The smallest absolute Gasteiger partial charge is 0.299 e. The molecule has 0 amide bonds. The van der Waals surface area contributed by atoms with Crippen LogP contribution >= 0.6 is 0 Å². The minimum absolute atomic E-state index is 0.0387. The Hall–Kier alpha value is -3.87. The molecule has 0 radical (unpaired) electrons. The molecule has 3 aromatic heterocycles. The van der Waals surface area contributed by atoms with Crippen molar-refractivity contribution in [3.8, 4) is 17.1 Å². The topological polar surface area (TPSA) is 75.1 Å². The van der Waals surface area contributed by atoms with Gasteiger partial charge in [-0.2, -0.15) is 4.98 Å². The molecule has 0 atom stereocenters. The van der Waals surface area contributed by atoms with E-state index in [2.05, 4.69) is 10.1 Å². The highest BCUT2D eigenvalue weighted by Gasteiger charge is 2.23. The van der Waals surface area contributed by atoms with Crippen LogP contribution in [-0.2, 0) is 14.1 Å². The number of ether oxygens (including phenoxy) is 1. The SMILES string of the molecule is COc1ccc2c(c1)c(C(=O)c1nc(-c3cn(C)c4ccccc34)no1)cn2C. The predicted octanol–water partition coefficient (Wildman–Crippen LogP) is 3.96. The zero-order valence-electron chi connectivity index (χ0n) is 16.2. The lowest BCUT2D eigenvalue weighted by Crippen LogP contribution is -2.01. The zero-order valence-corrected chi connectivity index (χ0v) is 16.2. The van der Waals surface area contributed by atoms with E-state index in [1.165, 1.54) is 0 Å². The third-order valence-electron chi connectivity index (χ3n) is 5.20. The molecule has 0 saturated heterocycles. The van der Waals surface area contributed by atoms with Crippen LogP contribution < -0.4 is 4.74 Å². The number of para-hydroxylation sites is 1. The Kier molecular flexibility index (Phi) is 3.77. The van der Waals surface area contributed by atoms with Gasteiger partial charge in [0.15, 0.2) is 0 Å². The van der Waals surface area contributed by atoms with Gasteiger partial charge in [0, 0.05) is 53.9 Å². The fourth-order valence-electron chi connectivity index (χ4n) is 3.74. The van der Waals surface area contributed by atoms with Gasteiger partial charge in [-0.05, 0) is 24.3 Å². The first-order chi connectivity index (χ1) is 14.1. The molecule has 0 spiro atoms. The molecule has 0 aliphatic rings. The Labute approximate surface area is 166 Å². The highest BCUT2D eigenvalue weighted by Crippen LogP contribution is 2.30. The Morgan fingerprint density at radius 3 is 2.59 bits per heavy atom. The summed E-state index contributed by atoms with van der Waals surface area (Å²) in [7, 11) is 5.45. The molecule has 0 fully saturated rings. The normalized spacial score (nSPS) is 11.4. The average molecular weight is 386 g/mol. The third-order valence-corrected chi connectivity index (χ3v) is 5.20. The third kappa shape index (κ3) is 2.62. The highest BCUT2D eigenvalue weighted by molar-refractivity contribution is 6.14. The van der Waals surface area contributed by atoms with Crippen LogP contribution in [0.15, 0.2) is 59.4 Å². The molecular formula is C22H18N4O3. The summed E-state index contributed by atoms with van der Waals surface area (Å²) < 4.78 is 14.5. The van der Waals surface area contributed by atoms with Crippen molar-refractivity contribution in [1.82, 2.24) is 19.3 Å². The number of hydrogen-bond acceptors (Lipinski definition) is 5. The molecule has 7 heteroatoms. The van der Waals surface area contributed by atoms with E-state index in [1.54, 1.807) is 13.3 Å². The number of nitrogens with zero attached hydrogens (tertiary/aromatic N) is 4. The minimum Gasteiger partial charge on any atom is -0.497 e. The minimum atomic E-state index is -0.317. The van der Waals surface area contributed by atoms with Crippen molar-refractivity contribution in [2.75, 3.05) is 7.11 Å². The standard InChI is InChI=1S/C22H18N4O3/c1-25-11-16(15-10-13(28-3)8-9-19(15)25)20(27)22-23-21(24-29-22)17-12-26(2)18-7-5-4-6-14(17)18/h4-12H,1-3H3. The van der Waals surface area contributed by atoms with E-state index in [9.17, 15) is 4.79 Å². The molecule has 0 N–H and O–H groups in total. The van der Waals surface area contributed by atoms with E-state index in [1.807, 2.05) is 71.9 Å². The molecule has 5 rings (SSSR count).